The summed E-state index contributed by atoms with van der Waals surface area (Å²) in [4.78, 5) is 16.2. The number of fused-ring (bicyclic) bond motifs is 1. The van der Waals surface area contributed by atoms with Gasteiger partial charge in [-0.3, -0.25) is 4.79 Å². The van der Waals surface area contributed by atoms with Crippen LogP contribution in [0.15, 0.2) is 23.1 Å². The van der Waals surface area contributed by atoms with E-state index in [1.54, 1.807) is 25.1 Å². The van der Waals surface area contributed by atoms with Crippen molar-refractivity contribution in [1.82, 2.24) is 13.9 Å². The maximum Gasteiger partial charge on any atom is 0.315 e. The van der Waals surface area contributed by atoms with Gasteiger partial charge in [0.2, 0.25) is 10.0 Å². The number of rotatable bonds is 8. The molecule has 138 valence electrons. The van der Waals surface area contributed by atoms with E-state index in [1.165, 1.54) is 30.2 Å². The Bertz CT molecular complexity index is 860. The van der Waals surface area contributed by atoms with Crippen molar-refractivity contribution in [3.8, 4) is 0 Å². The standard InChI is InChI=1S/C16H23N3O4S2/c1-5-19-14-8-7-12(25(21,22)18(3)4)9-13(14)17-15(19)10-24-11-16(20)23-6-2/h7-9H,5-6,10-11H2,1-4H3. The first-order chi connectivity index (χ1) is 11.8. The molecule has 0 amide bonds. The Kier molecular flexibility index (Phi) is 6.47. The number of imidazole rings is 1. The summed E-state index contributed by atoms with van der Waals surface area (Å²) in [5.74, 6) is 1.38. The van der Waals surface area contributed by atoms with E-state index in [-0.39, 0.29) is 16.6 Å². The van der Waals surface area contributed by atoms with Gasteiger partial charge in [-0.25, -0.2) is 17.7 Å². The Hall–Kier alpha value is -1.58. The molecule has 0 fully saturated rings. The number of benzene rings is 1. The van der Waals surface area contributed by atoms with Gasteiger partial charge in [0.1, 0.15) is 5.82 Å². The maximum absolute atomic E-state index is 12.3. The highest BCUT2D eigenvalue weighted by molar-refractivity contribution is 7.99. The summed E-state index contributed by atoms with van der Waals surface area (Å²) in [6, 6.07) is 4.97. The molecule has 0 spiro atoms. The number of sulfonamides is 1. The predicted molar refractivity (Wildman–Crippen MR) is 99.1 cm³/mol. The number of thioether (sulfide) groups is 1. The molecule has 0 unspecified atom stereocenters. The predicted octanol–water partition coefficient (Wildman–Crippen LogP) is 2.10. The summed E-state index contributed by atoms with van der Waals surface area (Å²) in [5.41, 5.74) is 1.52. The van der Waals surface area contributed by atoms with Crippen LogP contribution < -0.4 is 0 Å². The van der Waals surface area contributed by atoms with Crippen LogP contribution in [0.25, 0.3) is 11.0 Å². The first-order valence-electron chi connectivity index (χ1n) is 7.96. The Morgan fingerprint density at radius 1 is 1.32 bits per heavy atom. The van der Waals surface area contributed by atoms with E-state index in [9.17, 15) is 13.2 Å². The van der Waals surface area contributed by atoms with Crippen LogP contribution in [0.2, 0.25) is 0 Å². The van der Waals surface area contributed by atoms with Gasteiger partial charge in [0.05, 0.1) is 34.0 Å². The summed E-state index contributed by atoms with van der Waals surface area (Å²) >= 11 is 1.43. The zero-order valence-corrected chi connectivity index (χ0v) is 16.5. The minimum absolute atomic E-state index is 0.219. The van der Waals surface area contributed by atoms with Gasteiger partial charge in [-0.05, 0) is 32.0 Å². The Balaban J connectivity index is 2.28. The van der Waals surface area contributed by atoms with Crippen molar-refractivity contribution in [1.29, 1.82) is 0 Å². The van der Waals surface area contributed by atoms with Crippen molar-refractivity contribution in [3.05, 3.63) is 24.0 Å². The van der Waals surface area contributed by atoms with Gasteiger partial charge in [0, 0.05) is 20.6 Å². The number of nitrogens with zero attached hydrogens (tertiary/aromatic N) is 3. The number of aromatic nitrogens is 2. The number of aryl methyl sites for hydroxylation is 1. The topological polar surface area (TPSA) is 81.5 Å². The van der Waals surface area contributed by atoms with Crippen molar-refractivity contribution < 1.29 is 17.9 Å². The molecule has 2 rings (SSSR count). The second-order valence-corrected chi connectivity index (χ2v) is 8.65. The molecular formula is C16H23N3O4S2. The van der Waals surface area contributed by atoms with Crippen molar-refractivity contribution >= 4 is 38.8 Å². The third-order valence-corrected chi connectivity index (χ3v) is 6.36. The van der Waals surface area contributed by atoms with Crippen LogP contribution in [0.5, 0.6) is 0 Å². The SMILES string of the molecule is CCOC(=O)CSCc1nc2cc(S(=O)(=O)N(C)C)ccc2n1CC. The molecule has 0 atom stereocenters. The number of esters is 1. The van der Waals surface area contributed by atoms with Crippen LogP contribution in [-0.2, 0) is 31.9 Å². The highest BCUT2D eigenvalue weighted by Gasteiger charge is 2.19. The lowest BCUT2D eigenvalue weighted by Gasteiger charge is -2.11. The summed E-state index contributed by atoms with van der Waals surface area (Å²) in [7, 11) is -0.492. The molecule has 1 aromatic carbocycles. The molecule has 0 aliphatic heterocycles. The lowest BCUT2D eigenvalue weighted by atomic mass is 10.3. The highest BCUT2D eigenvalue weighted by Crippen LogP contribution is 2.24. The molecule has 0 saturated carbocycles. The molecule has 2 aromatic rings. The third-order valence-electron chi connectivity index (χ3n) is 3.65. The lowest BCUT2D eigenvalue weighted by Crippen LogP contribution is -2.22. The quantitative estimate of drug-likeness (QED) is 0.647. The smallest absolute Gasteiger partial charge is 0.315 e. The van der Waals surface area contributed by atoms with Gasteiger partial charge >= 0.3 is 5.97 Å². The fraction of sp³-hybridized carbons (Fsp3) is 0.500. The molecule has 1 aromatic heterocycles. The molecular weight excluding hydrogens is 362 g/mol. The van der Waals surface area contributed by atoms with Gasteiger partial charge in [0.25, 0.3) is 0 Å². The average molecular weight is 386 g/mol. The third kappa shape index (κ3) is 4.34. The molecule has 0 aliphatic rings. The van der Waals surface area contributed by atoms with Crippen LogP contribution in [0.4, 0.5) is 0 Å². The molecule has 0 bridgehead atoms. The minimum Gasteiger partial charge on any atom is -0.465 e. The molecule has 0 N–H and O–H groups in total. The summed E-state index contributed by atoms with van der Waals surface area (Å²) in [6.45, 7) is 4.87. The maximum atomic E-state index is 12.3. The number of carbonyl (C=O) groups is 1. The Morgan fingerprint density at radius 2 is 2.04 bits per heavy atom. The van der Waals surface area contributed by atoms with Gasteiger partial charge < -0.3 is 9.30 Å². The molecule has 7 nitrogen and oxygen atoms in total. The largest absolute Gasteiger partial charge is 0.465 e. The van der Waals surface area contributed by atoms with E-state index in [2.05, 4.69) is 4.98 Å². The van der Waals surface area contributed by atoms with Crippen molar-refractivity contribution in [2.75, 3.05) is 26.5 Å². The van der Waals surface area contributed by atoms with Gasteiger partial charge in [-0.1, -0.05) is 0 Å². The number of ether oxygens (including phenoxy) is 1. The monoisotopic (exact) mass is 385 g/mol. The van der Waals surface area contributed by atoms with E-state index in [4.69, 9.17) is 4.74 Å². The van der Waals surface area contributed by atoms with Crippen LogP contribution in [0, 0.1) is 0 Å². The van der Waals surface area contributed by atoms with Crippen molar-refractivity contribution in [2.24, 2.45) is 0 Å². The summed E-state index contributed by atoms with van der Waals surface area (Å²) in [6.07, 6.45) is 0. The van der Waals surface area contributed by atoms with Gasteiger partial charge in [0.15, 0.2) is 0 Å². The van der Waals surface area contributed by atoms with E-state index in [1.807, 2.05) is 11.5 Å². The average Bonchev–Trinajstić information content (AvgIpc) is 2.91. The number of carbonyl (C=O) groups excluding carboxylic acids is 1. The molecule has 0 saturated heterocycles. The first kappa shape index (κ1) is 19.7. The van der Waals surface area contributed by atoms with Crippen LogP contribution >= 0.6 is 11.8 Å². The second-order valence-electron chi connectivity index (χ2n) is 5.51. The van der Waals surface area contributed by atoms with E-state index >= 15 is 0 Å². The molecule has 0 aliphatic carbocycles. The zero-order chi connectivity index (χ0) is 18.6. The zero-order valence-electron chi connectivity index (χ0n) is 14.9. The van der Waals surface area contributed by atoms with Gasteiger partial charge in [-0.15, -0.1) is 11.8 Å². The van der Waals surface area contributed by atoms with E-state index < -0.39 is 10.0 Å². The Labute approximate surface area is 152 Å². The Morgan fingerprint density at radius 3 is 2.64 bits per heavy atom. The molecule has 25 heavy (non-hydrogen) atoms. The van der Waals surface area contributed by atoms with Crippen LogP contribution in [0.3, 0.4) is 0 Å². The fourth-order valence-corrected chi connectivity index (χ4v) is 4.10. The normalized spacial score (nSPS) is 12.0. The highest BCUT2D eigenvalue weighted by atomic mass is 32.2. The van der Waals surface area contributed by atoms with Crippen molar-refractivity contribution in [3.63, 3.8) is 0 Å². The minimum atomic E-state index is -3.50. The van der Waals surface area contributed by atoms with E-state index in [0.717, 1.165) is 11.3 Å². The van der Waals surface area contributed by atoms with Crippen LogP contribution in [0.1, 0.15) is 19.7 Å². The second kappa shape index (κ2) is 8.20. The molecule has 9 heteroatoms. The first-order valence-corrected chi connectivity index (χ1v) is 10.6. The fourth-order valence-electron chi connectivity index (χ4n) is 2.42. The van der Waals surface area contributed by atoms with Gasteiger partial charge in [-0.2, -0.15) is 0 Å². The van der Waals surface area contributed by atoms with E-state index in [0.29, 0.717) is 24.4 Å². The summed E-state index contributed by atoms with van der Waals surface area (Å²) in [5, 5.41) is 0. The number of hydrogen-bond donors (Lipinski definition) is 0. The molecule has 0 radical (unpaired) electrons. The lowest BCUT2D eigenvalue weighted by molar-refractivity contribution is -0.139. The molecule has 1 heterocycles. The van der Waals surface area contributed by atoms with Crippen LogP contribution in [-0.4, -0.2) is 54.7 Å². The summed E-state index contributed by atoms with van der Waals surface area (Å²) < 4.78 is 32.7. The number of hydrogen-bond acceptors (Lipinski definition) is 6. The van der Waals surface area contributed by atoms with Crippen molar-refractivity contribution in [2.45, 2.75) is 31.0 Å².